The van der Waals surface area contributed by atoms with Gasteiger partial charge in [0.2, 0.25) is 0 Å². The normalized spacial score (nSPS) is 10.7. The summed E-state index contributed by atoms with van der Waals surface area (Å²) in [6, 6.07) is 8.91. The fraction of sp³-hybridized carbons (Fsp3) is 0.0667. The number of sulfonamides is 1. The molecular formula is C15H13N3O7S. The molecular weight excluding hydrogens is 366 g/mol. The second kappa shape index (κ2) is 7.61. The number of nitrogens with one attached hydrogen (secondary N) is 2. The molecule has 0 heterocycles. The zero-order valence-corrected chi connectivity index (χ0v) is 14.1. The van der Waals surface area contributed by atoms with E-state index in [1.54, 1.807) is 4.72 Å². The zero-order valence-electron chi connectivity index (χ0n) is 13.3. The fourth-order valence-corrected chi connectivity index (χ4v) is 3.08. The Labute approximate surface area is 148 Å². The van der Waals surface area contributed by atoms with Gasteiger partial charge in [0.05, 0.1) is 17.6 Å². The summed E-state index contributed by atoms with van der Waals surface area (Å²) >= 11 is 0. The van der Waals surface area contributed by atoms with Crippen LogP contribution in [0, 0.1) is 10.1 Å². The Bertz CT molecular complexity index is 955. The van der Waals surface area contributed by atoms with Crippen LogP contribution in [0.1, 0.15) is 10.4 Å². The van der Waals surface area contributed by atoms with E-state index in [0.29, 0.717) is 0 Å². The van der Waals surface area contributed by atoms with Gasteiger partial charge in [0, 0.05) is 17.8 Å². The zero-order chi connectivity index (χ0) is 19.3. The first-order valence-corrected chi connectivity index (χ1v) is 8.48. The van der Waals surface area contributed by atoms with Gasteiger partial charge in [-0.05, 0) is 24.3 Å². The van der Waals surface area contributed by atoms with Crippen molar-refractivity contribution in [1.82, 2.24) is 4.72 Å². The first-order valence-electron chi connectivity index (χ1n) is 7.00. The Balaban J connectivity index is 2.18. The first kappa shape index (κ1) is 18.9. The number of nitro groups is 1. The highest BCUT2D eigenvalue weighted by molar-refractivity contribution is 7.90. The van der Waals surface area contributed by atoms with Gasteiger partial charge in [-0.15, -0.1) is 0 Å². The lowest BCUT2D eigenvalue weighted by molar-refractivity contribution is -0.384. The summed E-state index contributed by atoms with van der Waals surface area (Å²) < 4.78 is 31.0. The topological polar surface area (TPSA) is 145 Å². The van der Waals surface area contributed by atoms with Gasteiger partial charge < -0.3 is 10.1 Å². The average Bonchev–Trinajstić information content (AvgIpc) is 2.61. The largest absolute Gasteiger partial charge is 0.465 e. The molecule has 0 saturated carbocycles. The van der Waals surface area contributed by atoms with Crippen molar-refractivity contribution in [1.29, 1.82) is 0 Å². The summed E-state index contributed by atoms with van der Waals surface area (Å²) in [4.78, 5) is 33.1. The summed E-state index contributed by atoms with van der Waals surface area (Å²) in [5.74, 6) is -0.873. The highest BCUT2D eigenvalue weighted by atomic mass is 32.2. The molecule has 0 unspecified atom stereocenters. The standard InChI is InChI=1S/C15H13N3O7S/c1-25-14(19)12-4-2-3-5-13(12)26(23,24)17-15(20)16-10-6-8-11(9-7-10)18(21)22/h2-9H,1H3,(H2,16,17,20). The smallest absolute Gasteiger partial charge is 0.339 e. The van der Waals surface area contributed by atoms with E-state index < -0.39 is 31.8 Å². The lowest BCUT2D eigenvalue weighted by atomic mass is 10.2. The van der Waals surface area contributed by atoms with Crippen LogP contribution < -0.4 is 10.0 Å². The summed E-state index contributed by atoms with van der Waals surface area (Å²) in [5.41, 5.74) is -0.272. The van der Waals surface area contributed by atoms with E-state index in [1.165, 1.54) is 30.3 Å². The average molecular weight is 379 g/mol. The van der Waals surface area contributed by atoms with Gasteiger partial charge in [-0.1, -0.05) is 12.1 Å². The number of nitro benzene ring substituents is 1. The molecule has 26 heavy (non-hydrogen) atoms. The number of amides is 2. The summed E-state index contributed by atoms with van der Waals surface area (Å²) in [5, 5.41) is 12.8. The van der Waals surface area contributed by atoms with Gasteiger partial charge in [-0.3, -0.25) is 10.1 Å². The number of urea groups is 1. The monoisotopic (exact) mass is 379 g/mol. The third-order valence-electron chi connectivity index (χ3n) is 3.14. The van der Waals surface area contributed by atoms with Crippen molar-refractivity contribution in [2.45, 2.75) is 4.90 Å². The molecule has 11 heteroatoms. The second-order valence-corrected chi connectivity index (χ2v) is 6.50. The van der Waals surface area contributed by atoms with Crippen molar-refractivity contribution in [3.63, 3.8) is 0 Å². The molecule has 0 bridgehead atoms. The Kier molecular flexibility index (Phi) is 5.52. The molecule has 136 valence electrons. The number of esters is 1. The minimum absolute atomic E-state index is 0.143. The maximum absolute atomic E-state index is 12.3. The van der Waals surface area contributed by atoms with E-state index >= 15 is 0 Å². The molecule has 0 saturated heterocycles. The molecule has 2 aromatic rings. The van der Waals surface area contributed by atoms with E-state index in [9.17, 15) is 28.1 Å². The predicted octanol–water partition coefficient (Wildman–Crippen LogP) is 1.89. The lowest BCUT2D eigenvalue weighted by Gasteiger charge is -2.11. The van der Waals surface area contributed by atoms with Gasteiger partial charge in [-0.25, -0.2) is 22.7 Å². The minimum atomic E-state index is -4.36. The van der Waals surface area contributed by atoms with Gasteiger partial charge in [0.1, 0.15) is 4.90 Å². The number of nitrogens with zero attached hydrogens (tertiary/aromatic N) is 1. The van der Waals surface area contributed by atoms with Crippen LogP contribution in [0.4, 0.5) is 16.2 Å². The van der Waals surface area contributed by atoms with Crippen molar-refractivity contribution >= 4 is 33.4 Å². The van der Waals surface area contributed by atoms with Crippen LogP contribution in [0.15, 0.2) is 53.4 Å². The van der Waals surface area contributed by atoms with Crippen LogP contribution >= 0.6 is 0 Å². The molecule has 10 nitrogen and oxygen atoms in total. The van der Waals surface area contributed by atoms with Crippen LogP contribution in [-0.4, -0.2) is 32.5 Å². The van der Waals surface area contributed by atoms with E-state index in [4.69, 9.17) is 0 Å². The van der Waals surface area contributed by atoms with Crippen LogP contribution in [0.2, 0.25) is 0 Å². The molecule has 0 aromatic heterocycles. The SMILES string of the molecule is COC(=O)c1ccccc1S(=O)(=O)NC(=O)Nc1ccc([N+](=O)[O-])cc1. The van der Waals surface area contributed by atoms with Gasteiger partial charge in [0.15, 0.2) is 0 Å². The Morgan fingerprint density at radius 3 is 2.27 bits per heavy atom. The molecule has 0 spiro atoms. The summed E-state index contributed by atoms with van der Waals surface area (Å²) in [6.45, 7) is 0. The molecule has 0 radical (unpaired) electrons. The molecule has 0 aliphatic rings. The van der Waals surface area contributed by atoms with Gasteiger partial charge in [-0.2, -0.15) is 0 Å². The summed E-state index contributed by atoms with van der Waals surface area (Å²) in [7, 11) is -3.26. The third kappa shape index (κ3) is 4.33. The fourth-order valence-electron chi connectivity index (χ4n) is 1.98. The van der Waals surface area contributed by atoms with Gasteiger partial charge >= 0.3 is 12.0 Å². The van der Waals surface area contributed by atoms with E-state index in [-0.39, 0.29) is 16.9 Å². The molecule has 0 fully saturated rings. The van der Waals surface area contributed by atoms with Crippen molar-refractivity contribution in [3.8, 4) is 0 Å². The molecule has 2 N–H and O–H groups in total. The van der Waals surface area contributed by atoms with Crippen LogP contribution in [0.5, 0.6) is 0 Å². The first-order chi connectivity index (χ1) is 12.2. The predicted molar refractivity (Wildman–Crippen MR) is 90.2 cm³/mol. The molecule has 0 atom stereocenters. The van der Waals surface area contributed by atoms with Crippen LogP contribution in [-0.2, 0) is 14.8 Å². The Morgan fingerprint density at radius 2 is 1.69 bits per heavy atom. The molecule has 0 aliphatic carbocycles. The van der Waals surface area contributed by atoms with Gasteiger partial charge in [0.25, 0.3) is 15.7 Å². The lowest BCUT2D eigenvalue weighted by Crippen LogP contribution is -2.35. The number of carbonyl (C=O) groups excluding carboxylic acids is 2. The quantitative estimate of drug-likeness (QED) is 0.458. The van der Waals surface area contributed by atoms with Crippen LogP contribution in [0.3, 0.4) is 0 Å². The maximum Gasteiger partial charge on any atom is 0.339 e. The van der Waals surface area contributed by atoms with Crippen molar-refractivity contribution in [2.24, 2.45) is 0 Å². The maximum atomic E-state index is 12.3. The molecule has 0 aliphatic heterocycles. The number of hydrogen-bond acceptors (Lipinski definition) is 7. The van der Waals surface area contributed by atoms with Crippen LogP contribution in [0.25, 0.3) is 0 Å². The Hall–Kier alpha value is -3.47. The number of ether oxygens (including phenoxy) is 1. The third-order valence-corrected chi connectivity index (χ3v) is 4.53. The highest BCUT2D eigenvalue weighted by Gasteiger charge is 2.24. The second-order valence-electron chi connectivity index (χ2n) is 4.85. The minimum Gasteiger partial charge on any atom is -0.465 e. The van der Waals surface area contributed by atoms with E-state index in [2.05, 4.69) is 10.1 Å². The number of methoxy groups -OCH3 is 1. The van der Waals surface area contributed by atoms with E-state index in [0.717, 1.165) is 25.3 Å². The van der Waals surface area contributed by atoms with Crippen molar-refractivity contribution < 1.29 is 27.7 Å². The summed E-state index contributed by atoms with van der Waals surface area (Å²) in [6.07, 6.45) is 0. The highest BCUT2D eigenvalue weighted by Crippen LogP contribution is 2.18. The number of rotatable bonds is 5. The molecule has 2 rings (SSSR count). The number of anilines is 1. The molecule has 2 amide bonds. The number of benzene rings is 2. The van der Waals surface area contributed by atoms with Crippen molar-refractivity contribution in [2.75, 3.05) is 12.4 Å². The number of non-ortho nitro benzene ring substituents is 1. The Morgan fingerprint density at radius 1 is 1.08 bits per heavy atom. The molecule has 2 aromatic carbocycles. The van der Waals surface area contributed by atoms with Crippen molar-refractivity contribution in [3.05, 3.63) is 64.2 Å². The number of hydrogen-bond donors (Lipinski definition) is 2. The number of carbonyl (C=O) groups is 2. The van der Waals surface area contributed by atoms with E-state index in [1.807, 2.05) is 0 Å².